The zero-order chi connectivity index (χ0) is 17.3. The van der Waals surface area contributed by atoms with Gasteiger partial charge in [0.1, 0.15) is 12.3 Å². The third kappa shape index (κ3) is 6.96. The van der Waals surface area contributed by atoms with Gasteiger partial charge in [0.2, 0.25) is 5.89 Å². The fourth-order valence-corrected chi connectivity index (χ4v) is 2.55. The number of nitrogens with zero attached hydrogens (tertiary/aromatic N) is 2. The monoisotopic (exact) mass is 452 g/mol. The Labute approximate surface area is 162 Å². The summed E-state index contributed by atoms with van der Waals surface area (Å²) in [5.41, 5.74) is 1.01. The lowest BCUT2D eigenvalue weighted by Gasteiger charge is -2.32. The van der Waals surface area contributed by atoms with Gasteiger partial charge in [-0.2, -0.15) is 0 Å². The highest BCUT2D eigenvalue weighted by molar-refractivity contribution is 14.0. The number of aryl methyl sites for hydroxylation is 2. The van der Waals surface area contributed by atoms with Gasteiger partial charge < -0.3 is 20.2 Å². The number of nitrogens with one attached hydrogen (secondary N) is 2. The molecule has 1 aromatic rings. The van der Waals surface area contributed by atoms with Crippen LogP contribution in [0.5, 0.6) is 0 Å². The van der Waals surface area contributed by atoms with Crippen LogP contribution in [-0.2, 0) is 6.54 Å². The molecular formula is C17H33IN4O2. The number of hydrogen-bond donors (Lipinski definition) is 3. The fourth-order valence-electron chi connectivity index (χ4n) is 2.55. The molecule has 6 nitrogen and oxygen atoms in total. The zero-order valence-electron chi connectivity index (χ0n) is 15.6. The van der Waals surface area contributed by atoms with E-state index in [4.69, 9.17) is 4.42 Å². The molecular weight excluding hydrogens is 419 g/mol. The van der Waals surface area contributed by atoms with E-state index in [1.807, 2.05) is 20.8 Å². The highest BCUT2D eigenvalue weighted by atomic mass is 127. The Bertz CT molecular complexity index is 479. The Morgan fingerprint density at radius 1 is 1.21 bits per heavy atom. The van der Waals surface area contributed by atoms with Crippen LogP contribution in [0.15, 0.2) is 9.41 Å². The van der Waals surface area contributed by atoms with Crippen molar-refractivity contribution in [3.05, 3.63) is 17.3 Å². The molecule has 0 amide bonds. The molecule has 0 aliphatic carbocycles. The normalized spacial score (nSPS) is 12.0. The van der Waals surface area contributed by atoms with Crippen LogP contribution in [0.25, 0.3) is 0 Å². The summed E-state index contributed by atoms with van der Waals surface area (Å²) in [5.74, 6) is 2.22. The SMILES string of the molecule is CCNC(=NCc1nc(C)c(C)o1)NCC(CC)(CC)CCO.I. The number of rotatable bonds is 9. The van der Waals surface area contributed by atoms with Crippen LogP contribution in [0.4, 0.5) is 0 Å². The molecule has 0 aromatic carbocycles. The number of halogens is 1. The Morgan fingerprint density at radius 3 is 2.33 bits per heavy atom. The highest BCUT2D eigenvalue weighted by Gasteiger charge is 2.25. The quantitative estimate of drug-likeness (QED) is 0.305. The smallest absolute Gasteiger partial charge is 0.216 e. The molecule has 0 spiro atoms. The lowest BCUT2D eigenvalue weighted by molar-refractivity contribution is 0.169. The Balaban J connectivity index is 0.00000529. The minimum Gasteiger partial charge on any atom is -0.444 e. The average Bonchev–Trinajstić information content (AvgIpc) is 2.87. The van der Waals surface area contributed by atoms with Gasteiger partial charge in [-0.05, 0) is 45.4 Å². The highest BCUT2D eigenvalue weighted by Crippen LogP contribution is 2.29. The fraction of sp³-hybridized carbons (Fsp3) is 0.765. The Morgan fingerprint density at radius 2 is 1.88 bits per heavy atom. The molecule has 1 rings (SSSR count). The van der Waals surface area contributed by atoms with E-state index < -0.39 is 0 Å². The maximum absolute atomic E-state index is 9.32. The standard InChI is InChI=1S/C17H32N4O2.HI/c1-6-17(7-2,9-10-22)12-20-16(18-8-3)19-11-15-21-13(4)14(5)23-15;/h22H,6-12H2,1-5H3,(H2,18,19,20);1H. The average molecular weight is 452 g/mol. The molecule has 140 valence electrons. The largest absolute Gasteiger partial charge is 0.444 e. The Hall–Kier alpha value is -0.830. The van der Waals surface area contributed by atoms with E-state index in [0.717, 1.165) is 49.8 Å². The molecule has 0 saturated heterocycles. The van der Waals surface area contributed by atoms with Crippen LogP contribution >= 0.6 is 24.0 Å². The van der Waals surface area contributed by atoms with Gasteiger partial charge in [-0.15, -0.1) is 24.0 Å². The predicted molar refractivity (Wildman–Crippen MR) is 109 cm³/mol. The van der Waals surface area contributed by atoms with E-state index in [1.165, 1.54) is 0 Å². The topological polar surface area (TPSA) is 82.7 Å². The van der Waals surface area contributed by atoms with E-state index in [1.54, 1.807) is 0 Å². The van der Waals surface area contributed by atoms with Crippen molar-refractivity contribution in [3.63, 3.8) is 0 Å². The summed E-state index contributed by atoms with van der Waals surface area (Å²) in [4.78, 5) is 8.90. The molecule has 1 heterocycles. The Kier molecular flexibility index (Phi) is 11.3. The van der Waals surface area contributed by atoms with E-state index in [-0.39, 0.29) is 36.0 Å². The van der Waals surface area contributed by atoms with Gasteiger partial charge in [0, 0.05) is 19.7 Å². The van der Waals surface area contributed by atoms with Gasteiger partial charge in [0.05, 0.1) is 5.69 Å². The van der Waals surface area contributed by atoms with Crippen LogP contribution in [0.1, 0.15) is 57.4 Å². The van der Waals surface area contributed by atoms with Crippen molar-refractivity contribution in [3.8, 4) is 0 Å². The number of hydrogen-bond acceptors (Lipinski definition) is 4. The van der Waals surface area contributed by atoms with Crippen molar-refractivity contribution < 1.29 is 9.52 Å². The maximum Gasteiger partial charge on any atom is 0.216 e. The third-order valence-corrected chi connectivity index (χ3v) is 4.56. The van der Waals surface area contributed by atoms with Gasteiger partial charge in [-0.25, -0.2) is 9.98 Å². The summed E-state index contributed by atoms with van der Waals surface area (Å²) >= 11 is 0. The van der Waals surface area contributed by atoms with Crippen LogP contribution in [0.2, 0.25) is 0 Å². The van der Waals surface area contributed by atoms with E-state index in [9.17, 15) is 5.11 Å². The van der Waals surface area contributed by atoms with Crippen molar-refractivity contribution >= 4 is 29.9 Å². The molecule has 3 N–H and O–H groups in total. The summed E-state index contributed by atoms with van der Waals surface area (Å²) in [5, 5.41) is 16.0. The number of oxazole rings is 1. The number of aliphatic hydroxyl groups excluding tert-OH is 1. The minimum absolute atomic E-state index is 0. The molecule has 1 aromatic heterocycles. The van der Waals surface area contributed by atoms with E-state index in [0.29, 0.717) is 12.4 Å². The van der Waals surface area contributed by atoms with Crippen molar-refractivity contribution in [1.82, 2.24) is 15.6 Å². The van der Waals surface area contributed by atoms with Gasteiger partial charge in [0.15, 0.2) is 5.96 Å². The molecule has 0 saturated carbocycles. The molecule has 0 unspecified atom stereocenters. The third-order valence-electron chi connectivity index (χ3n) is 4.56. The van der Waals surface area contributed by atoms with Crippen LogP contribution in [0.3, 0.4) is 0 Å². The molecule has 0 atom stereocenters. The van der Waals surface area contributed by atoms with Crippen molar-refractivity contribution in [2.45, 2.75) is 60.4 Å². The summed E-state index contributed by atoms with van der Waals surface area (Å²) in [7, 11) is 0. The van der Waals surface area contributed by atoms with Crippen molar-refractivity contribution in [2.24, 2.45) is 10.4 Å². The minimum atomic E-state index is 0. The van der Waals surface area contributed by atoms with Gasteiger partial charge in [0.25, 0.3) is 0 Å². The van der Waals surface area contributed by atoms with Crippen LogP contribution in [0, 0.1) is 19.3 Å². The van der Waals surface area contributed by atoms with Gasteiger partial charge in [-0.1, -0.05) is 13.8 Å². The lowest BCUT2D eigenvalue weighted by atomic mass is 9.79. The molecule has 7 heteroatoms. The van der Waals surface area contributed by atoms with Crippen LogP contribution < -0.4 is 10.6 Å². The van der Waals surface area contributed by atoms with Crippen LogP contribution in [-0.4, -0.2) is 35.7 Å². The molecule has 0 fully saturated rings. The van der Waals surface area contributed by atoms with Crippen molar-refractivity contribution in [2.75, 3.05) is 19.7 Å². The summed E-state index contributed by atoms with van der Waals surface area (Å²) in [6.45, 7) is 12.4. The first-order valence-electron chi connectivity index (χ1n) is 8.56. The van der Waals surface area contributed by atoms with Crippen molar-refractivity contribution in [1.29, 1.82) is 0 Å². The summed E-state index contributed by atoms with van der Waals surface area (Å²) in [6.07, 6.45) is 2.84. The van der Waals surface area contributed by atoms with E-state index in [2.05, 4.69) is 34.5 Å². The second kappa shape index (κ2) is 11.7. The first kappa shape index (κ1) is 23.2. The summed E-state index contributed by atoms with van der Waals surface area (Å²) < 4.78 is 5.56. The van der Waals surface area contributed by atoms with E-state index >= 15 is 0 Å². The summed E-state index contributed by atoms with van der Waals surface area (Å²) in [6, 6.07) is 0. The molecule has 0 aliphatic rings. The number of guanidine groups is 1. The predicted octanol–water partition coefficient (Wildman–Crippen LogP) is 3.15. The second-order valence-corrected chi connectivity index (χ2v) is 5.98. The van der Waals surface area contributed by atoms with Gasteiger partial charge in [-0.3, -0.25) is 0 Å². The number of aliphatic imine (C=N–C) groups is 1. The molecule has 0 bridgehead atoms. The first-order valence-corrected chi connectivity index (χ1v) is 8.56. The number of aromatic nitrogens is 1. The van der Waals surface area contributed by atoms with Gasteiger partial charge >= 0.3 is 0 Å². The molecule has 0 radical (unpaired) electrons. The zero-order valence-corrected chi connectivity index (χ0v) is 17.9. The second-order valence-electron chi connectivity index (χ2n) is 5.98. The maximum atomic E-state index is 9.32. The lowest BCUT2D eigenvalue weighted by Crippen LogP contribution is -2.43. The first-order chi connectivity index (χ1) is 11.0. The molecule has 24 heavy (non-hydrogen) atoms. The molecule has 0 aliphatic heterocycles. The number of aliphatic hydroxyl groups is 1.